The van der Waals surface area contributed by atoms with E-state index in [9.17, 15) is 4.79 Å². The molecule has 1 aromatic carbocycles. The van der Waals surface area contributed by atoms with Gasteiger partial charge in [-0.15, -0.1) is 24.0 Å². The van der Waals surface area contributed by atoms with Gasteiger partial charge in [0.2, 0.25) is 0 Å². The molecule has 1 aliphatic heterocycles. The number of furan rings is 1. The summed E-state index contributed by atoms with van der Waals surface area (Å²) in [5.41, 5.74) is 2.97. The molecule has 26 heavy (non-hydrogen) atoms. The number of nitrogens with zero attached hydrogens (tertiary/aromatic N) is 2. The van der Waals surface area contributed by atoms with Gasteiger partial charge in [-0.3, -0.25) is 0 Å². The average molecular weight is 469 g/mol. The monoisotopic (exact) mass is 469 g/mol. The number of aliphatic imine (C=N–C) groups is 1. The molecule has 0 spiro atoms. The number of methoxy groups -OCH3 is 1. The van der Waals surface area contributed by atoms with E-state index in [0.717, 1.165) is 25.5 Å². The number of para-hydroxylation sites is 1. The zero-order chi connectivity index (χ0) is 17.8. The number of guanidine groups is 1. The number of fused-ring (bicyclic) bond motifs is 1. The van der Waals surface area contributed by atoms with Crippen molar-refractivity contribution in [2.24, 2.45) is 4.99 Å². The first-order valence-corrected chi connectivity index (χ1v) is 8.45. The van der Waals surface area contributed by atoms with Gasteiger partial charge in [0.05, 0.1) is 7.11 Å². The van der Waals surface area contributed by atoms with Gasteiger partial charge in [-0.1, -0.05) is 18.2 Å². The summed E-state index contributed by atoms with van der Waals surface area (Å²) in [5, 5.41) is 3.33. The summed E-state index contributed by atoms with van der Waals surface area (Å²) < 4.78 is 10.4. The maximum Gasteiger partial charge on any atom is 0.341 e. The number of aryl methyl sites for hydroxylation is 1. The Labute approximate surface area is 170 Å². The third-order valence-corrected chi connectivity index (χ3v) is 4.24. The quantitative estimate of drug-likeness (QED) is 0.321. The Kier molecular flexibility index (Phi) is 7.07. The molecule has 3 rings (SSSR count). The summed E-state index contributed by atoms with van der Waals surface area (Å²) in [5.74, 6) is 1.62. The fourth-order valence-electron chi connectivity index (χ4n) is 3.04. The van der Waals surface area contributed by atoms with E-state index in [1.54, 1.807) is 13.0 Å². The number of benzene rings is 1. The molecule has 0 unspecified atom stereocenters. The van der Waals surface area contributed by atoms with E-state index in [1.165, 1.54) is 18.4 Å². The summed E-state index contributed by atoms with van der Waals surface area (Å²) >= 11 is 0. The molecule has 0 atom stereocenters. The fourth-order valence-corrected chi connectivity index (χ4v) is 3.04. The van der Waals surface area contributed by atoms with Crippen LogP contribution in [0, 0.1) is 6.92 Å². The van der Waals surface area contributed by atoms with E-state index in [0.29, 0.717) is 23.6 Å². The maximum atomic E-state index is 11.7. The van der Waals surface area contributed by atoms with Gasteiger partial charge in [0.25, 0.3) is 0 Å². The first-order valence-electron chi connectivity index (χ1n) is 8.45. The summed E-state index contributed by atoms with van der Waals surface area (Å²) in [6.45, 7) is 5.84. The van der Waals surface area contributed by atoms with Crippen molar-refractivity contribution in [1.29, 1.82) is 0 Å². The van der Waals surface area contributed by atoms with E-state index >= 15 is 0 Å². The number of anilines is 1. The van der Waals surface area contributed by atoms with Gasteiger partial charge in [-0.25, -0.2) is 9.79 Å². The van der Waals surface area contributed by atoms with Crippen LogP contribution in [0.5, 0.6) is 0 Å². The predicted octanol–water partition coefficient (Wildman–Crippen LogP) is 3.52. The molecular formula is C19H24IN3O3. The number of ether oxygens (including phenoxy) is 1. The van der Waals surface area contributed by atoms with Crippen LogP contribution in [0.3, 0.4) is 0 Å². The zero-order valence-corrected chi connectivity index (χ0v) is 17.6. The van der Waals surface area contributed by atoms with Crippen LogP contribution in [0.1, 0.15) is 34.4 Å². The van der Waals surface area contributed by atoms with Crippen LogP contribution in [0.4, 0.5) is 5.69 Å². The molecule has 0 amide bonds. The Balaban J connectivity index is 0.00000243. The Morgan fingerprint density at radius 1 is 1.38 bits per heavy atom. The first-order chi connectivity index (χ1) is 12.1. The zero-order valence-electron chi connectivity index (χ0n) is 15.2. The number of rotatable bonds is 4. The third-order valence-electron chi connectivity index (χ3n) is 4.24. The highest BCUT2D eigenvalue weighted by atomic mass is 127. The standard InChI is InChI=1S/C19H23N3O3.HI/c1-4-20-19(22-10-9-14-7-5-6-8-17(14)22)21-12-15-11-16(13(2)25-15)18(23)24-3;/h5-8,11H,4,9-10,12H2,1-3H3,(H,20,21);1H. The minimum Gasteiger partial charge on any atom is -0.465 e. The van der Waals surface area contributed by atoms with Gasteiger partial charge < -0.3 is 19.4 Å². The predicted molar refractivity (Wildman–Crippen MR) is 113 cm³/mol. The number of hydrogen-bond donors (Lipinski definition) is 1. The lowest BCUT2D eigenvalue weighted by molar-refractivity contribution is 0.0599. The number of hydrogen-bond acceptors (Lipinski definition) is 4. The van der Waals surface area contributed by atoms with Crippen molar-refractivity contribution in [3.63, 3.8) is 0 Å². The molecular weight excluding hydrogens is 445 g/mol. The largest absolute Gasteiger partial charge is 0.465 e. The lowest BCUT2D eigenvalue weighted by Crippen LogP contribution is -2.40. The average Bonchev–Trinajstić information content (AvgIpc) is 3.21. The Morgan fingerprint density at radius 3 is 2.88 bits per heavy atom. The second-order valence-corrected chi connectivity index (χ2v) is 5.87. The summed E-state index contributed by atoms with van der Waals surface area (Å²) in [7, 11) is 1.36. The lowest BCUT2D eigenvalue weighted by Gasteiger charge is -2.22. The molecule has 0 saturated carbocycles. The van der Waals surface area contributed by atoms with Gasteiger partial charge in [0.15, 0.2) is 5.96 Å². The second kappa shape index (κ2) is 9.07. The number of halogens is 1. The van der Waals surface area contributed by atoms with Crippen molar-refractivity contribution in [1.82, 2.24) is 5.32 Å². The van der Waals surface area contributed by atoms with Gasteiger partial charge in [0, 0.05) is 18.8 Å². The van der Waals surface area contributed by atoms with E-state index in [-0.39, 0.29) is 24.0 Å². The highest BCUT2D eigenvalue weighted by molar-refractivity contribution is 14.0. The summed E-state index contributed by atoms with van der Waals surface area (Å²) in [6, 6.07) is 10.1. The van der Waals surface area contributed by atoms with Crippen molar-refractivity contribution in [3.8, 4) is 0 Å². The van der Waals surface area contributed by atoms with Crippen molar-refractivity contribution in [2.75, 3.05) is 25.1 Å². The second-order valence-electron chi connectivity index (χ2n) is 5.87. The van der Waals surface area contributed by atoms with Crippen molar-refractivity contribution < 1.29 is 13.9 Å². The summed E-state index contributed by atoms with van der Waals surface area (Å²) in [6.07, 6.45) is 1.01. The molecule has 0 radical (unpaired) electrons. The minimum absolute atomic E-state index is 0. The van der Waals surface area contributed by atoms with Crippen LogP contribution in [0.2, 0.25) is 0 Å². The highest BCUT2D eigenvalue weighted by Crippen LogP contribution is 2.27. The van der Waals surface area contributed by atoms with Gasteiger partial charge >= 0.3 is 5.97 Å². The molecule has 140 valence electrons. The molecule has 7 heteroatoms. The lowest BCUT2D eigenvalue weighted by atomic mass is 10.2. The molecule has 0 fully saturated rings. The Hall–Kier alpha value is -2.03. The molecule has 6 nitrogen and oxygen atoms in total. The topological polar surface area (TPSA) is 67.1 Å². The molecule has 1 N–H and O–H groups in total. The number of carbonyl (C=O) groups excluding carboxylic acids is 1. The Morgan fingerprint density at radius 2 is 2.15 bits per heavy atom. The third kappa shape index (κ3) is 4.20. The van der Waals surface area contributed by atoms with Crippen molar-refractivity contribution in [3.05, 3.63) is 53.0 Å². The van der Waals surface area contributed by atoms with Crippen molar-refractivity contribution in [2.45, 2.75) is 26.8 Å². The first kappa shape index (κ1) is 20.3. The summed E-state index contributed by atoms with van der Waals surface area (Å²) in [4.78, 5) is 18.6. The molecule has 1 aromatic heterocycles. The van der Waals surface area contributed by atoms with Crippen molar-refractivity contribution >= 4 is 41.6 Å². The molecule has 0 saturated heterocycles. The van der Waals surface area contributed by atoms with Crippen LogP contribution in [0.25, 0.3) is 0 Å². The van der Waals surface area contributed by atoms with E-state index in [2.05, 4.69) is 33.4 Å². The number of esters is 1. The van der Waals surface area contributed by atoms with Crippen LogP contribution in [-0.2, 0) is 17.7 Å². The van der Waals surface area contributed by atoms with Crippen LogP contribution in [0.15, 0.2) is 39.7 Å². The van der Waals surface area contributed by atoms with Crippen LogP contribution >= 0.6 is 24.0 Å². The number of nitrogens with one attached hydrogen (secondary N) is 1. The Bertz CT molecular complexity index is 801. The normalized spacial score (nSPS) is 13.2. The smallest absolute Gasteiger partial charge is 0.341 e. The maximum absolute atomic E-state index is 11.7. The van der Waals surface area contributed by atoms with Gasteiger partial charge in [-0.2, -0.15) is 0 Å². The molecule has 0 bridgehead atoms. The van der Waals surface area contributed by atoms with E-state index in [1.807, 2.05) is 13.0 Å². The molecule has 2 aromatic rings. The van der Waals surface area contributed by atoms with Crippen LogP contribution < -0.4 is 10.2 Å². The fraction of sp³-hybridized carbons (Fsp3) is 0.368. The highest BCUT2D eigenvalue weighted by Gasteiger charge is 2.22. The number of carbonyl (C=O) groups is 1. The van der Waals surface area contributed by atoms with Crippen LogP contribution in [-0.4, -0.2) is 32.1 Å². The van der Waals surface area contributed by atoms with Gasteiger partial charge in [-0.05, 0) is 38.0 Å². The molecule has 0 aliphatic carbocycles. The van der Waals surface area contributed by atoms with Gasteiger partial charge in [0.1, 0.15) is 23.6 Å². The van der Waals surface area contributed by atoms with E-state index < -0.39 is 5.97 Å². The van der Waals surface area contributed by atoms with E-state index in [4.69, 9.17) is 9.15 Å². The SMILES string of the molecule is CCNC(=NCc1cc(C(=O)OC)c(C)o1)N1CCc2ccccc21.I. The molecule has 2 heterocycles. The minimum atomic E-state index is -0.392. The molecule has 1 aliphatic rings.